The number of benzene rings is 2. The molecule has 134 valence electrons. The van der Waals surface area contributed by atoms with Gasteiger partial charge in [-0.2, -0.15) is 0 Å². The molecule has 0 aromatic heterocycles. The average molecular weight is 352 g/mol. The number of rotatable bonds is 7. The Labute approximate surface area is 151 Å². The molecule has 0 fully saturated rings. The maximum absolute atomic E-state index is 11.7. The Bertz CT molecular complexity index is 783. The van der Waals surface area contributed by atoms with Crippen LogP contribution in [0.3, 0.4) is 0 Å². The van der Waals surface area contributed by atoms with Gasteiger partial charge in [0.2, 0.25) is 5.91 Å². The van der Waals surface area contributed by atoms with E-state index in [4.69, 9.17) is 4.74 Å². The van der Waals surface area contributed by atoms with Crippen molar-refractivity contribution in [3.8, 4) is 0 Å². The molecule has 0 radical (unpaired) electrons. The number of ether oxygens (including phenoxy) is 1. The van der Waals surface area contributed by atoms with Crippen molar-refractivity contribution >= 4 is 23.9 Å². The van der Waals surface area contributed by atoms with E-state index in [2.05, 4.69) is 10.6 Å². The molecule has 0 heterocycles. The number of hydrogen-bond acceptors (Lipinski definition) is 4. The maximum atomic E-state index is 11.7. The Hall–Kier alpha value is -3.41. The standard InChI is InChI=1S/C20H20N2O4/c1-21-20(25)17-10-7-15(8-11-17)9-12-18(23)22-13-19(24)26-14-16-5-3-2-4-6-16/h2-12H,13-14H2,1H3,(H,21,25)(H,22,23)/b12-9+. The third-order valence-electron chi connectivity index (χ3n) is 3.48. The first-order valence-electron chi connectivity index (χ1n) is 8.06. The Balaban J connectivity index is 1.74. The van der Waals surface area contributed by atoms with Crippen LogP contribution in [-0.4, -0.2) is 31.4 Å². The second kappa shape index (κ2) is 9.78. The molecule has 2 amide bonds. The molecule has 0 saturated heterocycles. The maximum Gasteiger partial charge on any atom is 0.325 e. The van der Waals surface area contributed by atoms with Crippen LogP contribution in [0, 0.1) is 0 Å². The van der Waals surface area contributed by atoms with Crippen LogP contribution in [0.2, 0.25) is 0 Å². The van der Waals surface area contributed by atoms with Gasteiger partial charge in [0.1, 0.15) is 13.2 Å². The van der Waals surface area contributed by atoms with E-state index in [9.17, 15) is 14.4 Å². The smallest absolute Gasteiger partial charge is 0.325 e. The summed E-state index contributed by atoms with van der Waals surface area (Å²) in [5.41, 5.74) is 2.18. The third-order valence-corrected chi connectivity index (χ3v) is 3.48. The lowest BCUT2D eigenvalue weighted by Gasteiger charge is -2.05. The van der Waals surface area contributed by atoms with Gasteiger partial charge in [-0.05, 0) is 29.3 Å². The van der Waals surface area contributed by atoms with Crippen molar-refractivity contribution in [2.45, 2.75) is 6.61 Å². The van der Waals surface area contributed by atoms with Gasteiger partial charge in [-0.3, -0.25) is 14.4 Å². The van der Waals surface area contributed by atoms with Crippen LogP contribution < -0.4 is 10.6 Å². The second-order valence-electron chi connectivity index (χ2n) is 5.40. The summed E-state index contributed by atoms with van der Waals surface area (Å²) in [5.74, 6) is -1.09. The van der Waals surface area contributed by atoms with Crippen molar-refractivity contribution in [3.05, 3.63) is 77.4 Å². The Morgan fingerprint density at radius 2 is 1.69 bits per heavy atom. The van der Waals surface area contributed by atoms with Gasteiger partial charge in [-0.15, -0.1) is 0 Å². The van der Waals surface area contributed by atoms with Crippen LogP contribution in [0.25, 0.3) is 6.08 Å². The van der Waals surface area contributed by atoms with E-state index < -0.39 is 11.9 Å². The molecule has 6 nitrogen and oxygen atoms in total. The molecule has 0 aliphatic heterocycles. The summed E-state index contributed by atoms with van der Waals surface area (Å²) >= 11 is 0. The van der Waals surface area contributed by atoms with E-state index in [1.165, 1.54) is 6.08 Å². The minimum atomic E-state index is -0.509. The summed E-state index contributed by atoms with van der Waals surface area (Å²) in [4.78, 5) is 34.8. The summed E-state index contributed by atoms with van der Waals surface area (Å²) in [6.07, 6.45) is 2.91. The van der Waals surface area contributed by atoms with Crippen molar-refractivity contribution in [3.63, 3.8) is 0 Å². The lowest BCUT2D eigenvalue weighted by atomic mass is 10.1. The van der Waals surface area contributed by atoms with E-state index in [0.29, 0.717) is 5.56 Å². The molecule has 6 heteroatoms. The number of carbonyl (C=O) groups excluding carboxylic acids is 3. The predicted molar refractivity (Wildman–Crippen MR) is 98.1 cm³/mol. The fraction of sp³-hybridized carbons (Fsp3) is 0.150. The average Bonchev–Trinajstić information content (AvgIpc) is 2.69. The molecule has 0 aliphatic carbocycles. The van der Waals surface area contributed by atoms with Crippen molar-refractivity contribution in [2.24, 2.45) is 0 Å². The van der Waals surface area contributed by atoms with Gasteiger partial charge in [0, 0.05) is 18.7 Å². The van der Waals surface area contributed by atoms with E-state index in [1.807, 2.05) is 30.3 Å². The monoisotopic (exact) mass is 352 g/mol. The van der Waals surface area contributed by atoms with Crippen molar-refractivity contribution in [2.75, 3.05) is 13.6 Å². The summed E-state index contributed by atoms with van der Waals surface area (Å²) in [6.45, 7) is -0.0331. The lowest BCUT2D eigenvalue weighted by molar-refractivity contribution is -0.144. The van der Waals surface area contributed by atoms with Gasteiger partial charge in [0.15, 0.2) is 0 Å². The first kappa shape index (κ1) is 18.9. The van der Waals surface area contributed by atoms with Crippen molar-refractivity contribution < 1.29 is 19.1 Å². The van der Waals surface area contributed by atoms with Crippen LogP contribution in [-0.2, 0) is 20.9 Å². The zero-order chi connectivity index (χ0) is 18.8. The molecule has 0 spiro atoms. The van der Waals surface area contributed by atoms with E-state index in [1.54, 1.807) is 37.4 Å². The summed E-state index contributed by atoms with van der Waals surface area (Å²) in [5, 5.41) is 5.00. The molecule has 0 saturated carbocycles. The topological polar surface area (TPSA) is 84.5 Å². The van der Waals surface area contributed by atoms with Gasteiger partial charge in [-0.1, -0.05) is 42.5 Å². The summed E-state index contributed by atoms with van der Waals surface area (Å²) in [7, 11) is 1.56. The molecule has 0 aliphatic rings. The van der Waals surface area contributed by atoms with Gasteiger partial charge >= 0.3 is 5.97 Å². The van der Waals surface area contributed by atoms with Crippen molar-refractivity contribution in [1.82, 2.24) is 10.6 Å². The number of carbonyl (C=O) groups is 3. The number of hydrogen-bond donors (Lipinski definition) is 2. The van der Waals surface area contributed by atoms with Crippen LogP contribution in [0.15, 0.2) is 60.7 Å². The molecule has 0 atom stereocenters. The fourth-order valence-electron chi connectivity index (χ4n) is 2.07. The normalized spacial score (nSPS) is 10.3. The first-order chi connectivity index (χ1) is 12.6. The zero-order valence-corrected chi connectivity index (χ0v) is 14.4. The fourth-order valence-corrected chi connectivity index (χ4v) is 2.07. The van der Waals surface area contributed by atoms with Gasteiger partial charge in [0.05, 0.1) is 0 Å². The predicted octanol–water partition coefficient (Wildman–Crippen LogP) is 1.92. The van der Waals surface area contributed by atoms with Gasteiger partial charge in [-0.25, -0.2) is 0 Å². The molecule has 0 bridgehead atoms. The van der Waals surface area contributed by atoms with E-state index >= 15 is 0 Å². The molecular weight excluding hydrogens is 332 g/mol. The lowest BCUT2D eigenvalue weighted by Crippen LogP contribution is -2.29. The summed E-state index contributed by atoms with van der Waals surface area (Å²) in [6, 6.07) is 16.1. The zero-order valence-electron chi connectivity index (χ0n) is 14.4. The third kappa shape index (κ3) is 6.24. The van der Waals surface area contributed by atoms with E-state index in [0.717, 1.165) is 11.1 Å². The number of amides is 2. The van der Waals surface area contributed by atoms with Gasteiger partial charge in [0.25, 0.3) is 5.91 Å². The Morgan fingerprint density at radius 3 is 2.35 bits per heavy atom. The number of nitrogens with one attached hydrogen (secondary N) is 2. The number of esters is 1. The molecular formula is C20H20N2O4. The molecule has 26 heavy (non-hydrogen) atoms. The second-order valence-corrected chi connectivity index (χ2v) is 5.40. The quantitative estimate of drug-likeness (QED) is 0.589. The highest BCUT2D eigenvalue weighted by molar-refractivity contribution is 5.95. The molecule has 2 rings (SSSR count). The van der Waals surface area contributed by atoms with Gasteiger partial charge < -0.3 is 15.4 Å². The Morgan fingerprint density at radius 1 is 1.00 bits per heavy atom. The Kier molecular flexibility index (Phi) is 7.12. The minimum absolute atomic E-state index is 0.170. The minimum Gasteiger partial charge on any atom is -0.460 e. The molecule has 2 aromatic rings. The SMILES string of the molecule is CNC(=O)c1ccc(/C=C/C(=O)NCC(=O)OCc2ccccc2)cc1. The van der Waals surface area contributed by atoms with Crippen LogP contribution in [0.4, 0.5) is 0 Å². The van der Waals surface area contributed by atoms with Crippen LogP contribution in [0.1, 0.15) is 21.5 Å². The highest BCUT2D eigenvalue weighted by atomic mass is 16.5. The van der Waals surface area contributed by atoms with Crippen LogP contribution in [0.5, 0.6) is 0 Å². The first-order valence-corrected chi connectivity index (χ1v) is 8.06. The molecule has 2 N–H and O–H groups in total. The highest BCUT2D eigenvalue weighted by Gasteiger charge is 2.05. The summed E-state index contributed by atoms with van der Waals surface area (Å²) < 4.78 is 5.07. The highest BCUT2D eigenvalue weighted by Crippen LogP contribution is 2.06. The van der Waals surface area contributed by atoms with Crippen molar-refractivity contribution in [1.29, 1.82) is 0 Å². The largest absolute Gasteiger partial charge is 0.460 e. The molecule has 2 aromatic carbocycles. The molecule has 0 unspecified atom stereocenters. The van der Waals surface area contributed by atoms with E-state index in [-0.39, 0.29) is 19.1 Å². The van der Waals surface area contributed by atoms with Crippen LogP contribution >= 0.6 is 0 Å².